The van der Waals surface area contributed by atoms with Gasteiger partial charge in [-0.25, -0.2) is 9.97 Å². The molecule has 2 heterocycles. The van der Waals surface area contributed by atoms with Gasteiger partial charge in [-0.05, 0) is 25.0 Å². The first-order chi connectivity index (χ1) is 10.2. The van der Waals surface area contributed by atoms with Crippen LogP contribution in [0.25, 0.3) is 0 Å². The molecule has 0 amide bonds. The third-order valence-corrected chi connectivity index (χ3v) is 3.61. The second kappa shape index (κ2) is 5.87. The Hall–Kier alpha value is -2.50. The van der Waals surface area contributed by atoms with Gasteiger partial charge in [0.2, 0.25) is 0 Å². The molecular formula is C15H18N6. The van der Waals surface area contributed by atoms with Crippen molar-refractivity contribution in [3.63, 3.8) is 0 Å². The van der Waals surface area contributed by atoms with Crippen molar-refractivity contribution in [3.8, 4) is 0 Å². The molecule has 3 rings (SSSR count). The van der Waals surface area contributed by atoms with E-state index in [0.29, 0.717) is 0 Å². The first kappa shape index (κ1) is 13.5. The van der Waals surface area contributed by atoms with Gasteiger partial charge in [0.25, 0.3) is 0 Å². The Bertz CT molecular complexity index is 651. The molecule has 0 saturated heterocycles. The molecule has 0 radical (unpaired) electrons. The number of hydrogen-bond acceptors (Lipinski definition) is 4. The van der Waals surface area contributed by atoms with Gasteiger partial charge in [0.05, 0.1) is 13.1 Å². The van der Waals surface area contributed by atoms with Gasteiger partial charge in [-0.1, -0.05) is 23.8 Å². The number of aromatic nitrogens is 6. The molecule has 0 atom stereocenters. The van der Waals surface area contributed by atoms with Crippen molar-refractivity contribution >= 4 is 0 Å². The highest BCUT2D eigenvalue weighted by Gasteiger charge is 2.16. The van der Waals surface area contributed by atoms with Crippen molar-refractivity contribution in [1.29, 1.82) is 0 Å². The quantitative estimate of drug-likeness (QED) is 0.718. The minimum atomic E-state index is 0.272. The molecule has 0 spiro atoms. The summed E-state index contributed by atoms with van der Waals surface area (Å²) in [5.74, 6) is 0.272. The molecule has 3 aromatic rings. The van der Waals surface area contributed by atoms with Crippen molar-refractivity contribution in [1.82, 2.24) is 29.5 Å². The van der Waals surface area contributed by atoms with Crippen LogP contribution in [0.3, 0.4) is 0 Å². The van der Waals surface area contributed by atoms with E-state index in [1.807, 2.05) is 9.36 Å². The Balaban J connectivity index is 1.90. The third kappa shape index (κ3) is 3.16. The Kier molecular flexibility index (Phi) is 3.77. The lowest BCUT2D eigenvalue weighted by molar-refractivity contribution is 0.436. The van der Waals surface area contributed by atoms with E-state index in [1.54, 1.807) is 25.3 Å². The maximum atomic E-state index is 4.22. The van der Waals surface area contributed by atoms with Crippen LogP contribution >= 0.6 is 0 Å². The number of benzene rings is 1. The molecule has 0 aliphatic heterocycles. The first-order valence-corrected chi connectivity index (χ1v) is 6.94. The molecule has 0 bridgehead atoms. The molecule has 0 fully saturated rings. The van der Waals surface area contributed by atoms with E-state index in [2.05, 4.69) is 52.2 Å². The number of hydrogen-bond donors (Lipinski definition) is 0. The topological polar surface area (TPSA) is 61.4 Å². The predicted octanol–water partition coefficient (Wildman–Crippen LogP) is 1.97. The summed E-state index contributed by atoms with van der Waals surface area (Å²) in [5, 5.41) is 8.44. The standard InChI is InChI=1S/C15H18N6/c1-12-3-4-15(13(2)5-12)14(6-20-10-16-8-18-20)7-21-11-17-9-19-21/h3-5,8-11,14H,6-7H2,1-2H3. The smallest absolute Gasteiger partial charge is 0.137 e. The van der Waals surface area contributed by atoms with Crippen molar-refractivity contribution in [2.75, 3.05) is 0 Å². The fourth-order valence-electron chi connectivity index (χ4n) is 2.64. The summed E-state index contributed by atoms with van der Waals surface area (Å²) in [5.41, 5.74) is 3.88. The van der Waals surface area contributed by atoms with Gasteiger partial charge in [0, 0.05) is 5.92 Å². The van der Waals surface area contributed by atoms with Gasteiger partial charge in [0.1, 0.15) is 25.3 Å². The third-order valence-electron chi connectivity index (χ3n) is 3.61. The largest absolute Gasteiger partial charge is 0.252 e. The summed E-state index contributed by atoms with van der Waals surface area (Å²) in [6.45, 7) is 5.80. The van der Waals surface area contributed by atoms with E-state index in [-0.39, 0.29) is 5.92 Å². The van der Waals surface area contributed by atoms with Gasteiger partial charge < -0.3 is 0 Å². The summed E-state index contributed by atoms with van der Waals surface area (Å²) in [6, 6.07) is 6.56. The summed E-state index contributed by atoms with van der Waals surface area (Å²) in [4.78, 5) is 8.04. The van der Waals surface area contributed by atoms with E-state index in [4.69, 9.17) is 0 Å². The molecule has 1 aromatic carbocycles. The molecular weight excluding hydrogens is 264 g/mol. The molecule has 21 heavy (non-hydrogen) atoms. The van der Waals surface area contributed by atoms with Crippen molar-refractivity contribution < 1.29 is 0 Å². The predicted molar refractivity (Wildman–Crippen MR) is 78.7 cm³/mol. The molecule has 108 valence electrons. The minimum Gasteiger partial charge on any atom is -0.252 e. The van der Waals surface area contributed by atoms with E-state index in [9.17, 15) is 0 Å². The molecule has 0 aliphatic carbocycles. The fourth-order valence-corrected chi connectivity index (χ4v) is 2.64. The normalized spacial score (nSPS) is 11.2. The molecule has 6 heteroatoms. The van der Waals surface area contributed by atoms with Crippen molar-refractivity contribution in [3.05, 3.63) is 60.2 Å². The van der Waals surface area contributed by atoms with Crippen LogP contribution in [-0.4, -0.2) is 29.5 Å². The molecule has 0 N–H and O–H groups in total. The van der Waals surface area contributed by atoms with Crippen molar-refractivity contribution in [2.45, 2.75) is 32.9 Å². The van der Waals surface area contributed by atoms with Crippen LogP contribution in [0.5, 0.6) is 0 Å². The SMILES string of the molecule is Cc1ccc(C(Cn2cncn2)Cn2cncn2)c(C)c1. The second-order valence-electron chi connectivity index (χ2n) is 5.29. The lowest BCUT2D eigenvalue weighted by Crippen LogP contribution is -2.17. The molecule has 6 nitrogen and oxygen atoms in total. The highest BCUT2D eigenvalue weighted by atomic mass is 15.3. The summed E-state index contributed by atoms with van der Waals surface area (Å²) in [6.07, 6.45) is 6.62. The van der Waals surface area contributed by atoms with Gasteiger partial charge in [-0.2, -0.15) is 10.2 Å². The number of rotatable bonds is 5. The minimum absolute atomic E-state index is 0.272. The Morgan fingerprint density at radius 3 is 2.05 bits per heavy atom. The van der Waals surface area contributed by atoms with Crippen molar-refractivity contribution in [2.24, 2.45) is 0 Å². The van der Waals surface area contributed by atoms with Crippen LogP contribution in [0.4, 0.5) is 0 Å². The number of aryl methyl sites for hydroxylation is 2. The lowest BCUT2D eigenvalue weighted by atomic mass is 9.93. The van der Waals surface area contributed by atoms with Gasteiger partial charge >= 0.3 is 0 Å². The maximum absolute atomic E-state index is 4.22. The molecule has 0 saturated carbocycles. The Labute approximate surface area is 123 Å². The summed E-state index contributed by atoms with van der Waals surface area (Å²) in [7, 11) is 0. The lowest BCUT2D eigenvalue weighted by Gasteiger charge is -2.19. The highest BCUT2D eigenvalue weighted by molar-refractivity contribution is 5.33. The molecule has 0 aliphatic rings. The van der Waals surface area contributed by atoms with E-state index < -0.39 is 0 Å². The Morgan fingerprint density at radius 1 is 0.952 bits per heavy atom. The van der Waals surface area contributed by atoms with Gasteiger partial charge in [0.15, 0.2) is 0 Å². The van der Waals surface area contributed by atoms with E-state index >= 15 is 0 Å². The van der Waals surface area contributed by atoms with Gasteiger partial charge in [-0.15, -0.1) is 0 Å². The summed E-state index contributed by atoms with van der Waals surface area (Å²) >= 11 is 0. The van der Waals surface area contributed by atoms with Gasteiger partial charge in [-0.3, -0.25) is 9.36 Å². The molecule has 0 unspecified atom stereocenters. The average molecular weight is 282 g/mol. The van der Waals surface area contributed by atoms with E-state index in [0.717, 1.165) is 13.1 Å². The second-order valence-corrected chi connectivity index (χ2v) is 5.29. The Morgan fingerprint density at radius 2 is 1.57 bits per heavy atom. The maximum Gasteiger partial charge on any atom is 0.137 e. The van der Waals surface area contributed by atoms with Crippen LogP contribution in [0.1, 0.15) is 22.6 Å². The zero-order chi connectivity index (χ0) is 14.7. The monoisotopic (exact) mass is 282 g/mol. The zero-order valence-corrected chi connectivity index (χ0v) is 12.2. The fraction of sp³-hybridized carbons (Fsp3) is 0.333. The average Bonchev–Trinajstić information content (AvgIpc) is 3.11. The summed E-state index contributed by atoms with van der Waals surface area (Å²) < 4.78 is 3.72. The first-order valence-electron chi connectivity index (χ1n) is 6.94. The molecule has 2 aromatic heterocycles. The van der Waals surface area contributed by atoms with Crippen LogP contribution < -0.4 is 0 Å². The zero-order valence-electron chi connectivity index (χ0n) is 12.2. The van der Waals surface area contributed by atoms with Crippen LogP contribution in [-0.2, 0) is 13.1 Å². The van der Waals surface area contributed by atoms with E-state index in [1.165, 1.54) is 16.7 Å². The van der Waals surface area contributed by atoms with Crippen LogP contribution in [0.15, 0.2) is 43.5 Å². The van der Waals surface area contributed by atoms with Crippen LogP contribution in [0, 0.1) is 13.8 Å². The van der Waals surface area contributed by atoms with Crippen LogP contribution in [0.2, 0.25) is 0 Å². The highest BCUT2D eigenvalue weighted by Crippen LogP contribution is 2.24. The number of nitrogens with zero attached hydrogens (tertiary/aromatic N) is 6.